The molecule has 0 aromatic carbocycles. The van der Waals surface area contributed by atoms with E-state index in [2.05, 4.69) is 4.98 Å². The van der Waals surface area contributed by atoms with Gasteiger partial charge in [-0.1, -0.05) is 0 Å². The van der Waals surface area contributed by atoms with Crippen molar-refractivity contribution in [2.45, 2.75) is 13.5 Å². The van der Waals surface area contributed by atoms with Crippen LogP contribution in [0, 0.1) is 10.5 Å². The fraction of sp³-hybridized carbons (Fsp3) is 0.182. The SMILES string of the molecule is Cc1oc(Cn2cncc(I)c2=O)cc1C(=O)NN. The Labute approximate surface area is 121 Å². The van der Waals surface area contributed by atoms with Crippen molar-refractivity contribution >= 4 is 28.5 Å². The molecule has 2 aromatic heterocycles. The van der Waals surface area contributed by atoms with Crippen LogP contribution in [0.5, 0.6) is 0 Å². The predicted octanol–water partition coefficient (Wildman–Crippen LogP) is 0.401. The molecular weight excluding hydrogens is 363 g/mol. The second kappa shape index (κ2) is 5.53. The summed E-state index contributed by atoms with van der Waals surface area (Å²) in [5.41, 5.74) is 2.23. The molecule has 0 spiro atoms. The number of rotatable bonds is 3. The van der Waals surface area contributed by atoms with Crippen molar-refractivity contribution in [3.05, 3.63) is 49.6 Å². The summed E-state index contributed by atoms with van der Waals surface area (Å²) >= 11 is 1.91. The Morgan fingerprint density at radius 1 is 1.63 bits per heavy atom. The van der Waals surface area contributed by atoms with E-state index in [4.69, 9.17) is 10.3 Å². The van der Waals surface area contributed by atoms with Crippen molar-refractivity contribution in [2.75, 3.05) is 0 Å². The number of carbonyl (C=O) groups excluding carboxylic acids is 1. The first kappa shape index (κ1) is 13.7. The first-order valence-corrected chi connectivity index (χ1v) is 6.41. The van der Waals surface area contributed by atoms with Crippen LogP contribution in [-0.4, -0.2) is 15.5 Å². The van der Waals surface area contributed by atoms with E-state index < -0.39 is 5.91 Å². The van der Waals surface area contributed by atoms with E-state index >= 15 is 0 Å². The topological polar surface area (TPSA) is 103 Å². The second-order valence-corrected chi connectivity index (χ2v) is 4.99. The van der Waals surface area contributed by atoms with Crippen LogP contribution in [-0.2, 0) is 6.54 Å². The van der Waals surface area contributed by atoms with E-state index in [-0.39, 0.29) is 12.1 Å². The molecule has 3 N–H and O–H groups in total. The van der Waals surface area contributed by atoms with Gasteiger partial charge in [0.2, 0.25) is 0 Å². The number of furan rings is 1. The number of hydrogen-bond donors (Lipinski definition) is 2. The van der Waals surface area contributed by atoms with Gasteiger partial charge >= 0.3 is 0 Å². The average molecular weight is 374 g/mol. The lowest BCUT2D eigenvalue weighted by molar-refractivity contribution is 0.0952. The van der Waals surface area contributed by atoms with Gasteiger partial charge < -0.3 is 4.42 Å². The van der Waals surface area contributed by atoms with Crippen LogP contribution in [0.3, 0.4) is 0 Å². The van der Waals surface area contributed by atoms with Crippen molar-refractivity contribution in [1.82, 2.24) is 15.0 Å². The summed E-state index contributed by atoms with van der Waals surface area (Å²) < 4.78 is 7.35. The number of hydrogen-bond acceptors (Lipinski definition) is 5. The molecule has 0 bridgehead atoms. The molecule has 0 unspecified atom stereocenters. The molecule has 0 saturated heterocycles. The Hall–Kier alpha value is -1.68. The van der Waals surface area contributed by atoms with Crippen molar-refractivity contribution in [1.29, 1.82) is 0 Å². The highest BCUT2D eigenvalue weighted by Crippen LogP contribution is 2.15. The minimum atomic E-state index is -0.430. The van der Waals surface area contributed by atoms with Crippen molar-refractivity contribution in [3.8, 4) is 0 Å². The van der Waals surface area contributed by atoms with E-state index in [0.29, 0.717) is 20.7 Å². The molecule has 0 aliphatic rings. The summed E-state index contributed by atoms with van der Waals surface area (Å²) in [7, 11) is 0. The van der Waals surface area contributed by atoms with Gasteiger partial charge in [-0.05, 0) is 35.6 Å². The Bertz CT molecular complexity index is 677. The summed E-state index contributed by atoms with van der Waals surface area (Å²) in [5, 5.41) is 0. The number of carbonyl (C=O) groups is 1. The van der Waals surface area contributed by atoms with E-state index in [1.165, 1.54) is 17.1 Å². The molecule has 0 aliphatic heterocycles. The van der Waals surface area contributed by atoms with E-state index in [1.54, 1.807) is 13.0 Å². The van der Waals surface area contributed by atoms with E-state index in [1.807, 2.05) is 28.0 Å². The fourth-order valence-corrected chi connectivity index (χ4v) is 2.10. The maximum absolute atomic E-state index is 11.8. The third-order valence-electron chi connectivity index (χ3n) is 2.53. The van der Waals surface area contributed by atoms with E-state index in [9.17, 15) is 9.59 Å². The highest BCUT2D eigenvalue weighted by Gasteiger charge is 2.14. The molecule has 8 heteroatoms. The van der Waals surface area contributed by atoms with Gasteiger partial charge in [0.05, 0.1) is 22.0 Å². The quantitative estimate of drug-likeness (QED) is 0.351. The number of hydrazine groups is 1. The van der Waals surface area contributed by atoms with Gasteiger partial charge in [-0.25, -0.2) is 10.8 Å². The maximum Gasteiger partial charge on any atom is 0.268 e. The molecule has 2 rings (SSSR count). The number of aryl methyl sites for hydroxylation is 1. The average Bonchev–Trinajstić information content (AvgIpc) is 2.75. The predicted molar refractivity (Wildman–Crippen MR) is 75.4 cm³/mol. The standard InChI is InChI=1S/C11H11IN4O3/c1-6-8(10(17)15-13)2-7(19-6)4-16-5-14-3-9(12)11(16)18/h2-3,5H,4,13H2,1H3,(H,15,17). The van der Waals surface area contributed by atoms with Crippen molar-refractivity contribution < 1.29 is 9.21 Å². The highest BCUT2D eigenvalue weighted by atomic mass is 127. The van der Waals surface area contributed by atoms with Crippen LogP contribution in [0.4, 0.5) is 0 Å². The monoisotopic (exact) mass is 374 g/mol. The number of amides is 1. The second-order valence-electron chi connectivity index (χ2n) is 3.83. The number of nitrogens with zero attached hydrogens (tertiary/aromatic N) is 2. The van der Waals surface area contributed by atoms with E-state index in [0.717, 1.165) is 0 Å². The minimum Gasteiger partial charge on any atom is -0.464 e. The molecule has 0 atom stereocenters. The number of aromatic nitrogens is 2. The summed E-state index contributed by atoms with van der Waals surface area (Å²) in [4.78, 5) is 27.2. The van der Waals surface area contributed by atoms with Gasteiger partial charge in [0, 0.05) is 6.20 Å². The van der Waals surface area contributed by atoms with Crippen LogP contribution < -0.4 is 16.8 Å². The number of nitrogen functional groups attached to an aromatic ring is 1. The van der Waals surface area contributed by atoms with Crippen molar-refractivity contribution in [2.24, 2.45) is 5.84 Å². The molecule has 0 radical (unpaired) electrons. The molecule has 100 valence electrons. The number of nitrogens with two attached hydrogens (primary N) is 1. The summed E-state index contributed by atoms with van der Waals surface area (Å²) in [6, 6.07) is 1.56. The van der Waals surface area contributed by atoms with Crippen LogP contribution in [0.2, 0.25) is 0 Å². The first-order valence-electron chi connectivity index (χ1n) is 5.33. The van der Waals surface area contributed by atoms with Crippen LogP contribution in [0.25, 0.3) is 0 Å². The van der Waals surface area contributed by atoms with Gasteiger partial charge in [-0.15, -0.1) is 0 Å². The molecule has 1 amide bonds. The van der Waals surface area contributed by atoms with Crippen LogP contribution in [0.1, 0.15) is 21.9 Å². The zero-order valence-electron chi connectivity index (χ0n) is 10.0. The fourth-order valence-electron chi connectivity index (χ4n) is 1.63. The van der Waals surface area contributed by atoms with Gasteiger partial charge in [0.15, 0.2) is 0 Å². The van der Waals surface area contributed by atoms with Crippen molar-refractivity contribution in [3.63, 3.8) is 0 Å². The van der Waals surface area contributed by atoms with Crippen LogP contribution >= 0.6 is 22.6 Å². The molecule has 7 nitrogen and oxygen atoms in total. The molecule has 2 heterocycles. The zero-order valence-corrected chi connectivity index (χ0v) is 12.2. The molecule has 0 fully saturated rings. The summed E-state index contributed by atoms with van der Waals surface area (Å²) in [6.07, 6.45) is 2.91. The number of halogens is 1. The third-order valence-corrected chi connectivity index (χ3v) is 3.27. The van der Waals surface area contributed by atoms with Crippen LogP contribution in [0.15, 0.2) is 27.8 Å². The maximum atomic E-state index is 11.8. The first-order chi connectivity index (χ1) is 9.02. The normalized spacial score (nSPS) is 10.5. The molecular formula is C11H11IN4O3. The molecule has 0 aliphatic carbocycles. The lowest BCUT2D eigenvalue weighted by Crippen LogP contribution is -2.30. The highest BCUT2D eigenvalue weighted by molar-refractivity contribution is 14.1. The molecule has 2 aromatic rings. The van der Waals surface area contributed by atoms with Gasteiger partial charge in [0.1, 0.15) is 11.5 Å². The molecule has 0 saturated carbocycles. The Balaban J connectivity index is 2.32. The Kier molecular flexibility index (Phi) is 4.00. The van der Waals surface area contributed by atoms with Gasteiger partial charge in [0.25, 0.3) is 11.5 Å². The Morgan fingerprint density at radius 3 is 3.05 bits per heavy atom. The minimum absolute atomic E-state index is 0.158. The summed E-state index contributed by atoms with van der Waals surface area (Å²) in [6.45, 7) is 1.87. The third kappa shape index (κ3) is 2.84. The number of nitrogens with one attached hydrogen (secondary N) is 1. The zero-order chi connectivity index (χ0) is 14.0. The van der Waals surface area contributed by atoms with Gasteiger partial charge in [-0.3, -0.25) is 19.6 Å². The largest absolute Gasteiger partial charge is 0.464 e. The smallest absolute Gasteiger partial charge is 0.268 e. The van der Waals surface area contributed by atoms with Gasteiger partial charge in [-0.2, -0.15) is 0 Å². The lowest BCUT2D eigenvalue weighted by atomic mass is 10.2. The Morgan fingerprint density at radius 2 is 2.37 bits per heavy atom. The molecule has 19 heavy (non-hydrogen) atoms. The lowest BCUT2D eigenvalue weighted by Gasteiger charge is -2.01. The summed E-state index contributed by atoms with van der Waals surface area (Å²) in [5.74, 6) is 5.58.